The van der Waals surface area contributed by atoms with Crippen LogP contribution in [0.1, 0.15) is 188 Å². The second kappa shape index (κ2) is 50.2. The third-order valence-electron chi connectivity index (χ3n) is 9.73. The molecule has 0 rings (SSSR count). The van der Waals surface area contributed by atoms with E-state index in [2.05, 4.69) is 118 Å². The summed E-state index contributed by atoms with van der Waals surface area (Å²) >= 11 is 0. The van der Waals surface area contributed by atoms with Gasteiger partial charge in [-0.25, -0.2) is 0 Å². The van der Waals surface area contributed by atoms with Crippen LogP contribution in [-0.4, -0.2) is 37.2 Å². The van der Waals surface area contributed by atoms with Gasteiger partial charge in [0.05, 0.1) is 0 Å². The van der Waals surface area contributed by atoms with Crippen molar-refractivity contribution in [2.75, 3.05) is 13.2 Å². The number of unbranched alkanes of at least 4 members (excludes halogenated alkanes) is 12. The lowest BCUT2D eigenvalue weighted by atomic mass is 10.1. The lowest BCUT2D eigenvalue weighted by molar-refractivity contribution is -0.167. The zero-order chi connectivity index (χ0) is 45.8. The molecule has 0 radical (unpaired) electrons. The van der Waals surface area contributed by atoms with Gasteiger partial charge < -0.3 is 14.2 Å². The third kappa shape index (κ3) is 48.4. The van der Waals surface area contributed by atoms with Gasteiger partial charge in [0.15, 0.2) is 6.10 Å². The molecule has 0 amide bonds. The molecule has 6 nitrogen and oxygen atoms in total. The summed E-state index contributed by atoms with van der Waals surface area (Å²) in [6.45, 7) is 6.17. The van der Waals surface area contributed by atoms with Crippen LogP contribution in [0.2, 0.25) is 0 Å². The van der Waals surface area contributed by atoms with Gasteiger partial charge in [-0.3, -0.25) is 14.4 Å². The molecule has 0 aromatic rings. The van der Waals surface area contributed by atoms with Crippen molar-refractivity contribution >= 4 is 17.9 Å². The van der Waals surface area contributed by atoms with Gasteiger partial charge >= 0.3 is 17.9 Å². The van der Waals surface area contributed by atoms with Gasteiger partial charge in [-0.05, 0) is 109 Å². The van der Waals surface area contributed by atoms with Crippen molar-refractivity contribution < 1.29 is 28.6 Å². The van der Waals surface area contributed by atoms with E-state index in [-0.39, 0.29) is 31.1 Å². The van der Waals surface area contributed by atoms with Crippen LogP contribution in [0, 0.1) is 0 Å². The topological polar surface area (TPSA) is 78.9 Å². The highest BCUT2D eigenvalue weighted by Gasteiger charge is 2.19. The minimum Gasteiger partial charge on any atom is -0.462 e. The monoisotopic (exact) mass is 869 g/mol. The minimum absolute atomic E-state index is 0.118. The predicted molar refractivity (Wildman–Crippen MR) is 269 cm³/mol. The van der Waals surface area contributed by atoms with Crippen molar-refractivity contribution in [3.63, 3.8) is 0 Å². The van der Waals surface area contributed by atoms with Gasteiger partial charge in [-0.1, -0.05) is 193 Å². The summed E-state index contributed by atoms with van der Waals surface area (Å²) < 4.78 is 16.7. The largest absolute Gasteiger partial charge is 0.462 e. The van der Waals surface area contributed by atoms with Gasteiger partial charge in [-0.15, -0.1) is 0 Å². The molecule has 0 spiro atoms. The second-order valence-corrected chi connectivity index (χ2v) is 15.7. The number of hydrogen-bond acceptors (Lipinski definition) is 6. The van der Waals surface area contributed by atoms with Crippen LogP contribution in [0.5, 0.6) is 0 Å². The van der Waals surface area contributed by atoms with Crippen LogP contribution < -0.4 is 0 Å². The Hall–Kier alpha value is -4.45. The summed E-state index contributed by atoms with van der Waals surface area (Å²) in [5.41, 5.74) is 0. The van der Waals surface area contributed by atoms with Crippen LogP contribution in [-0.2, 0) is 28.6 Å². The third-order valence-corrected chi connectivity index (χ3v) is 9.73. The fourth-order valence-electron chi connectivity index (χ4n) is 6.10. The quantitative estimate of drug-likeness (QED) is 0.0200. The normalized spacial score (nSPS) is 13.3. The van der Waals surface area contributed by atoms with E-state index < -0.39 is 6.10 Å². The Labute approximate surface area is 385 Å². The lowest BCUT2D eigenvalue weighted by Gasteiger charge is -2.18. The first-order chi connectivity index (χ1) is 31.0. The van der Waals surface area contributed by atoms with E-state index in [1.54, 1.807) is 0 Å². The molecule has 0 aliphatic heterocycles. The summed E-state index contributed by atoms with van der Waals surface area (Å²) in [5, 5.41) is 0. The summed E-state index contributed by atoms with van der Waals surface area (Å²) in [5.74, 6) is -1.01. The molecule has 1 unspecified atom stereocenters. The predicted octanol–water partition coefficient (Wildman–Crippen LogP) is 16.3. The fraction of sp³-hybridized carbons (Fsp3) is 0.561. The van der Waals surface area contributed by atoms with Crippen LogP contribution in [0.3, 0.4) is 0 Å². The lowest BCUT2D eigenvalue weighted by Crippen LogP contribution is -2.30. The van der Waals surface area contributed by atoms with Gasteiger partial charge in [0.25, 0.3) is 0 Å². The molecule has 0 N–H and O–H groups in total. The Kier molecular flexibility index (Phi) is 46.7. The molecule has 0 fully saturated rings. The molecule has 1 atom stereocenters. The van der Waals surface area contributed by atoms with E-state index >= 15 is 0 Å². The molecule has 0 aliphatic rings. The van der Waals surface area contributed by atoms with Gasteiger partial charge in [0.1, 0.15) is 13.2 Å². The molecule has 63 heavy (non-hydrogen) atoms. The van der Waals surface area contributed by atoms with Gasteiger partial charge in [-0.2, -0.15) is 0 Å². The van der Waals surface area contributed by atoms with Crippen LogP contribution in [0.25, 0.3) is 0 Å². The van der Waals surface area contributed by atoms with Crippen molar-refractivity contribution in [1.82, 2.24) is 0 Å². The molecule has 0 aliphatic carbocycles. The van der Waals surface area contributed by atoms with Crippen molar-refractivity contribution in [1.29, 1.82) is 0 Å². The average molecular weight is 869 g/mol. The van der Waals surface area contributed by atoms with Crippen molar-refractivity contribution in [3.05, 3.63) is 134 Å². The Morgan fingerprint density at radius 1 is 0.333 bits per heavy atom. The van der Waals surface area contributed by atoms with Crippen molar-refractivity contribution in [3.8, 4) is 0 Å². The van der Waals surface area contributed by atoms with E-state index in [0.717, 1.165) is 135 Å². The average Bonchev–Trinajstić information content (AvgIpc) is 3.28. The maximum Gasteiger partial charge on any atom is 0.306 e. The van der Waals surface area contributed by atoms with Crippen LogP contribution in [0.4, 0.5) is 0 Å². The van der Waals surface area contributed by atoms with E-state index in [9.17, 15) is 14.4 Å². The number of carbonyl (C=O) groups excluding carboxylic acids is 3. The summed E-state index contributed by atoms with van der Waals surface area (Å²) in [4.78, 5) is 37.9. The molecule has 0 bridgehead atoms. The fourth-order valence-corrected chi connectivity index (χ4v) is 6.10. The number of hydrogen-bond donors (Lipinski definition) is 0. The van der Waals surface area contributed by atoms with E-state index in [1.165, 1.54) is 12.8 Å². The summed E-state index contributed by atoms with van der Waals surface area (Å²) in [6.07, 6.45) is 70.0. The molecule has 352 valence electrons. The Bertz CT molecular complexity index is 1420. The minimum atomic E-state index is -0.819. The van der Waals surface area contributed by atoms with Crippen molar-refractivity contribution in [2.45, 2.75) is 194 Å². The standard InChI is InChI=1S/C57H88O6/c1-4-7-10-13-16-19-22-25-27-29-32-35-38-41-44-47-50-56(59)62-53-54(52-61-55(58)49-46-43-40-37-34-31-24-21-18-15-12-9-6-3)63-57(60)51-48-45-42-39-36-33-30-28-26-23-20-17-14-11-8-5-2/h7-12,15-21,24-28,31-32,34-35,54H,4-6,13-14,22-23,29-30,33,36-53H2,1-3H3/b10-7+,11-8+,12-9+,18-15+,19-16+,20-17+,24-21+,27-25+,28-26+,34-31+,35-32+. The SMILES string of the molecule is CC/C=C/C=C/C=C/C=C/CCCCCC(=O)OCC(COC(=O)CCCCC/C=C/C/C=C/C/C=C/C/C=C/CC)OC(=O)CCCCCCCC/C=C/C/C=C/C/C=C/CC. The maximum absolute atomic E-state index is 12.8. The van der Waals surface area contributed by atoms with Gasteiger partial charge in [0, 0.05) is 19.3 Å². The molecule has 0 saturated heterocycles. The van der Waals surface area contributed by atoms with E-state index in [0.29, 0.717) is 19.3 Å². The summed E-state index contributed by atoms with van der Waals surface area (Å²) in [7, 11) is 0. The zero-order valence-corrected chi connectivity index (χ0v) is 40.0. The first kappa shape index (κ1) is 58.6. The highest BCUT2D eigenvalue weighted by Crippen LogP contribution is 2.12. The molecule has 0 saturated carbocycles. The molecule has 0 heterocycles. The zero-order valence-electron chi connectivity index (χ0n) is 40.0. The maximum atomic E-state index is 12.8. The molecule has 0 aromatic carbocycles. The van der Waals surface area contributed by atoms with E-state index in [4.69, 9.17) is 14.2 Å². The first-order valence-electron chi connectivity index (χ1n) is 24.7. The molecular weight excluding hydrogens is 781 g/mol. The number of carbonyl (C=O) groups is 3. The molecule has 6 heteroatoms. The van der Waals surface area contributed by atoms with E-state index in [1.807, 2.05) is 36.5 Å². The van der Waals surface area contributed by atoms with Gasteiger partial charge in [0.2, 0.25) is 0 Å². The summed E-state index contributed by atoms with van der Waals surface area (Å²) in [6, 6.07) is 0. The highest BCUT2D eigenvalue weighted by atomic mass is 16.6. The van der Waals surface area contributed by atoms with Crippen molar-refractivity contribution in [2.24, 2.45) is 0 Å². The van der Waals surface area contributed by atoms with Crippen LogP contribution in [0.15, 0.2) is 134 Å². The molecular formula is C57H88O6. The number of esters is 3. The number of allylic oxidation sites excluding steroid dienone is 22. The smallest absolute Gasteiger partial charge is 0.306 e. The Morgan fingerprint density at radius 2 is 0.651 bits per heavy atom. The Morgan fingerprint density at radius 3 is 1.10 bits per heavy atom. The Balaban J connectivity index is 4.55. The number of ether oxygens (including phenoxy) is 3. The second-order valence-electron chi connectivity index (χ2n) is 15.7. The highest BCUT2D eigenvalue weighted by molar-refractivity contribution is 5.71. The van der Waals surface area contributed by atoms with Crippen LogP contribution >= 0.6 is 0 Å². The first-order valence-corrected chi connectivity index (χ1v) is 24.7. The molecule has 0 aromatic heterocycles. The number of rotatable bonds is 42.